The summed E-state index contributed by atoms with van der Waals surface area (Å²) >= 11 is 7.23. The second kappa shape index (κ2) is 4.94. The van der Waals surface area contributed by atoms with Gasteiger partial charge in [0.2, 0.25) is 0 Å². The van der Waals surface area contributed by atoms with Crippen molar-refractivity contribution in [3.63, 3.8) is 0 Å². The quantitative estimate of drug-likeness (QED) is 0.733. The molecule has 0 fully saturated rings. The number of carbonyl (C=O) groups is 1. The SMILES string of the molecule is CN1C[C@H](C(=O)O)C=C2c3ccc(Br)c4[nH]c(Br)c(c34)C[C@H]21. The van der Waals surface area contributed by atoms with Gasteiger partial charge in [-0.05, 0) is 68.1 Å². The number of hydrogen-bond acceptors (Lipinski definition) is 2. The molecule has 0 unspecified atom stereocenters. The Morgan fingerprint density at radius 3 is 2.91 bits per heavy atom. The first-order valence-corrected chi connectivity index (χ1v) is 8.69. The van der Waals surface area contributed by atoms with Crippen LogP contribution in [-0.2, 0) is 11.2 Å². The number of nitrogens with zero attached hydrogens (tertiary/aromatic N) is 1. The molecule has 0 saturated heterocycles. The molecule has 2 atom stereocenters. The van der Waals surface area contributed by atoms with E-state index in [0.29, 0.717) is 6.54 Å². The Morgan fingerprint density at radius 2 is 2.18 bits per heavy atom. The summed E-state index contributed by atoms with van der Waals surface area (Å²) in [6.45, 7) is 0.556. The van der Waals surface area contributed by atoms with Crippen LogP contribution in [0.3, 0.4) is 0 Å². The van der Waals surface area contributed by atoms with Gasteiger partial charge >= 0.3 is 5.97 Å². The molecule has 22 heavy (non-hydrogen) atoms. The zero-order valence-corrected chi connectivity index (χ0v) is 15.0. The van der Waals surface area contributed by atoms with Crippen molar-refractivity contribution in [2.45, 2.75) is 12.5 Å². The molecule has 4 rings (SSSR count). The van der Waals surface area contributed by atoms with Crippen molar-refractivity contribution in [3.05, 3.63) is 38.4 Å². The molecule has 1 aromatic heterocycles. The highest BCUT2D eigenvalue weighted by Crippen LogP contribution is 2.45. The third kappa shape index (κ3) is 1.94. The molecule has 2 N–H and O–H groups in total. The smallest absolute Gasteiger partial charge is 0.311 e. The summed E-state index contributed by atoms with van der Waals surface area (Å²) in [6.07, 6.45) is 2.83. The van der Waals surface area contributed by atoms with Crippen LogP contribution >= 0.6 is 31.9 Å². The maximum atomic E-state index is 11.4. The minimum absolute atomic E-state index is 0.236. The summed E-state index contributed by atoms with van der Waals surface area (Å²) in [5, 5.41) is 10.6. The first kappa shape index (κ1) is 14.5. The number of carboxylic acids is 1. The average molecular weight is 426 g/mol. The van der Waals surface area contributed by atoms with Crippen molar-refractivity contribution in [2.75, 3.05) is 13.6 Å². The Hall–Kier alpha value is -1.11. The molecule has 2 heterocycles. The van der Waals surface area contributed by atoms with Gasteiger partial charge in [-0.25, -0.2) is 0 Å². The molecular weight excluding hydrogens is 412 g/mol. The second-order valence-electron chi connectivity index (χ2n) is 5.99. The van der Waals surface area contributed by atoms with Crippen molar-refractivity contribution >= 4 is 54.3 Å². The number of aliphatic carboxylic acids is 1. The monoisotopic (exact) mass is 424 g/mol. The van der Waals surface area contributed by atoms with Crippen molar-refractivity contribution < 1.29 is 9.90 Å². The number of likely N-dealkylation sites (N-methyl/N-ethyl adjacent to an activating group) is 1. The largest absolute Gasteiger partial charge is 0.481 e. The maximum Gasteiger partial charge on any atom is 0.311 e. The standard InChI is InChI=1S/C16H14Br2N2O2/c1-20-6-7(16(21)22)4-9-8-2-3-11(17)14-13(8)10(5-12(9)20)15(18)19-14/h2-4,7,12,19H,5-6H2,1H3,(H,21,22)/t7-,12-/m1/s1. The lowest BCUT2D eigenvalue weighted by molar-refractivity contribution is -0.140. The molecule has 0 radical (unpaired) electrons. The van der Waals surface area contributed by atoms with Crippen LogP contribution in [0.1, 0.15) is 11.1 Å². The summed E-state index contributed by atoms with van der Waals surface area (Å²) < 4.78 is 2.04. The van der Waals surface area contributed by atoms with E-state index >= 15 is 0 Å². The topological polar surface area (TPSA) is 56.3 Å². The van der Waals surface area contributed by atoms with E-state index in [1.165, 1.54) is 10.9 Å². The summed E-state index contributed by atoms with van der Waals surface area (Å²) in [5.41, 5.74) is 4.62. The van der Waals surface area contributed by atoms with Gasteiger partial charge in [0, 0.05) is 22.4 Å². The molecule has 6 heteroatoms. The number of aromatic amines is 1. The van der Waals surface area contributed by atoms with Gasteiger partial charge in [-0.2, -0.15) is 0 Å². The fourth-order valence-electron chi connectivity index (χ4n) is 3.67. The number of aromatic nitrogens is 1. The van der Waals surface area contributed by atoms with Gasteiger partial charge in [0.15, 0.2) is 0 Å². The first-order chi connectivity index (χ1) is 10.5. The maximum absolute atomic E-state index is 11.4. The lowest BCUT2D eigenvalue weighted by Crippen LogP contribution is -2.44. The zero-order chi connectivity index (χ0) is 15.6. The van der Waals surface area contributed by atoms with Crippen LogP contribution < -0.4 is 0 Å². The fourth-order valence-corrected chi connectivity index (χ4v) is 4.66. The van der Waals surface area contributed by atoms with Gasteiger partial charge in [0.1, 0.15) is 0 Å². The highest BCUT2D eigenvalue weighted by Gasteiger charge is 2.36. The van der Waals surface area contributed by atoms with Crippen LogP contribution in [0.2, 0.25) is 0 Å². The predicted octanol–water partition coefficient (Wildman–Crippen LogP) is 3.65. The molecule has 114 valence electrons. The molecule has 2 aliphatic rings. The normalized spacial score (nSPS) is 24.2. The number of carboxylic acid groups (broad SMARTS) is 1. The third-order valence-corrected chi connectivity index (χ3v) is 6.08. The van der Waals surface area contributed by atoms with Gasteiger partial charge < -0.3 is 10.1 Å². The fraction of sp³-hybridized carbons (Fsp3) is 0.312. The molecular formula is C16H14Br2N2O2. The Balaban J connectivity index is 2.01. The van der Waals surface area contributed by atoms with Crippen molar-refractivity contribution in [1.29, 1.82) is 0 Å². The van der Waals surface area contributed by atoms with E-state index in [9.17, 15) is 9.90 Å². The molecule has 0 bridgehead atoms. The Morgan fingerprint density at radius 1 is 1.41 bits per heavy atom. The second-order valence-corrected chi connectivity index (χ2v) is 7.64. The summed E-state index contributed by atoms with van der Waals surface area (Å²) in [6, 6.07) is 4.35. The van der Waals surface area contributed by atoms with Crippen molar-refractivity contribution in [3.8, 4) is 0 Å². The molecule has 4 nitrogen and oxygen atoms in total. The molecule has 1 aromatic carbocycles. The number of hydrogen-bond donors (Lipinski definition) is 2. The number of nitrogens with one attached hydrogen (secondary N) is 1. The zero-order valence-electron chi connectivity index (χ0n) is 11.9. The van der Waals surface area contributed by atoms with Crippen LogP contribution in [-0.4, -0.2) is 40.6 Å². The molecule has 0 spiro atoms. The van der Waals surface area contributed by atoms with E-state index in [-0.39, 0.29) is 6.04 Å². The van der Waals surface area contributed by atoms with Gasteiger partial charge in [-0.15, -0.1) is 0 Å². The molecule has 0 saturated carbocycles. The minimum atomic E-state index is -0.757. The number of fused-ring (bicyclic) bond motifs is 2. The first-order valence-electron chi connectivity index (χ1n) is 7.11. The van der Waals surface area contributed by atoms with E-state index in [2.05, 4.69) is 47.8 Å². The van der Waals surface area contributed by atoms with Gasteiger partial charge in [-0.3, -0.25) is 9.69 Å². The Kier molecular flexibility index (Phi) is 3.25. The number of rotatable bonds is 1. The van der Waals surface area contributed by atoms with Crippen molar-refractivity contribution in [2.24, 2.45) is 5.92 Å². The predicted molar refractivity (Wildman–Crippen MR) is 92.9 cm³/mol. The van der Waals surface area contributed by atoms with Gasteiger partial charge in [0.05, 0.1) is 16.0 Å². The van der Waals surface area contributed by atoms with Crippen LogP contribution in [0, 0.1) is 5.92 Å². The average Bonchev–Trinajstić information content (AvgIpc) is 2.81. The molecule has 2 aromatic rings. The third-order valence-electron chi connectivity index (χ3n) is 4.74. The van der Waals surface area contributed by atoms with E-state index < -0.39 is 11.9 Å². The van der Waals surface area contributed by atoms with Gasteiger partial charge in [0.25, 0.3) is 0 Å². The molecule has 1 aliphatic carbocycles. The Labute approximate surface area is 144 Å². The summed E-state index contributed by atoms with van der Waals surface area (Å²) in [5.74, 6) is -1.20. The summed E-state index contributed by atoms with van der Waals surface area (Å²) in [4.78, 5) is 17.0. The number of H-pyrrole nitrogens is 1. The van der Waals surface area contributed by atoms with Crippen molar-refractivity contribution in [1.82, 2.24) is 9.88 Å². The van der Waals surface area contributed by atoms with Crippen LogP contribution in [0.4, 0.5) is 0 Å². The summed E-state index contributed by atoms with van der Waals surface area (Å²) in [7, 11) is 2.01. The van der Waals surface area contributed by atoms with E-state index in [4.69, 9.17) is 0 Å². The van der Waals surface area contributed by atoms with Gasteiger partial charge in [-0.1, -0.05) is 12.1 Å². The number of halogens is 2. The Bertz CT molecular complexity index is 840. The lowest BCUT2D eigenvalue weighted by atomic mass is 9.80. The van der Waals surface area contributed by atoms with Crippen LogP contribution in [0.25, 0.3) is 16.5 Å². The minimum Gasteiger partial charge on any atom is -0.481 e. The van der Waals surface area contributed by atoms with E-state index in [1.807, 2.05) is 19.2 Å². The van der Waals surface area contributed by atoms with Crippen LogP contribution in [0.15, 0.2) is 27.3 Å². The van der Waals surface area contributed by atoms with E-state index in [0.717, 1.165) is 32.1 Å². The highest BCUT2D eigenvalue weighted by atomic mass is 79.9. The molecule has 1 aliphatic heterocycles. The van der Waals surface area contributed by atoms with Crippen LogP contribution in [0.5, 0.6) is 0 Å². The number of benzene rings is 1. The lowest BCUT2D eigenvalue weighted by Gasteiger charge is -2.39. The highest BCUT2D eigenvalue weighted by molar-refractivity contribution is 9.11. The van der Waals surface area contributed by atoms with E-state index in [1.54, 1.807) is 0 Å². The molecule has 0 amide bonds.